The molecule has 0 spiro atoms. The number of nitrogens with one attached hydrogen (secondary N) is 1. The topological polar surface area (TPSA) is 72.4 Å². The third-order valence-electron chi connectivity index (χ3n) is 6.98. The van der Waals surface area contributed by atoms with Gasteiger partial charge in [0.15, 0.2) is 11.5 Å². The Kier molecular flexibility index (Phi) is 9.77. The van der Waals surface area contributed by atoms with Crippen molar-refractivity contribution in [2.75, 3.05) is 47.6 Å². The van der Waals surface area contributed by atoms with Crippen LogP contribution < -0.4 is 14.8 Å². The number of fused-ring (bicyclic) bond motifs is 3. The van der Waals surface area contributed by atoms with Crippen molar-refractivity contribution in [1.29, 1.82) is 0 Å². The van der Waals surface area contributed by atoms with E-state index in [1.54, 1.807) is 14.2 Å². The SMILES string of the molecule is CCOc1cc2c(cc1OC)C(c1ccc(C(=O)NC(CC)COC)cc1)=N[C@@H]1CCN(C)C[C@H]21.Cl. The van der Waals surface area contributed by atoms with Gasteiger partial charge in [0.1, 0.15) is 0 Å². The summed E-state index contributed by atoms with van der Waals surface area (Å²) in [6.45, 7) is 7.09. The second-order valence-corrected chi connectivity index (χ2v) is 9.34. The van der Waals surface area contributed by atoms with Gasteiger partial charge in [0, 0.05) is 36.3 Å². The Labute approximate surface area is 220 Å². The zero-order valence-corrected chi connectivity index (χ0v) is 22.7. The summed E-state index contributed by atoms with van der Waals surface area (Å²) < 4.78 is 16.8. The molecule has 2 aromatic carbocycles. The van der Waals surface area contributed by atoms with Crippen LogP contribution in [0.1, 0.15) is 59.7 Å². The van der Waals surface area contributed by atoms with E-state index in [0.29, 0.717) is 30.4 Å². The van der Waals surface area contributed by atoms with E-state index in [1.807, 2.05) is 38.1 Å². The van der Waals surface area contributed by atoms with Crippen LogP contribution in [-0.2, 0) is 4.74 Å². The lowest BCUT2D eigenvalue weighted by atomic mass is 9.79. The van der Waals surface area contributed by atoms with Crippen LogP contribution in [0.4, 0.5) is 0 Å². The monoisotopic (exact) mass is 515 g/mol. The lowest BCUT2D eigenvalue weighted by Crippen LogP contribution is -2.41. The van der Waals surface area contributed by atoms with Gasteiger partial charge in [-0.3, -0.25) is 9.79 Å². The number of carbonyl (C=O) groups is 1. The van der Waals surface area contributed by atoms with Crippen molar-refractivity contribution in [2.24, 2.45) is 4.99 Å². The van der Waals surface area contributed by atoms with Crippen LogP contribution in [-0.4, -0.2) is 76.2 Å². The fourth-order valence-electron chi connectivity index (χ4n) is 5.05. The Hall–Kier alpha value is -2.61. The van der Waals surface area contributed by atoms with Gasteiger partial charge in [-0.05, 0) is 63.2 Å². The fourth-order valence-corrected chi connectivity index (χ4v) is 5.05. The number of ether oxygens (including phenoxy) is 3. The second-order valence-electron chi connectivity index (χ2n) is 9.34. The number of piperidine rings is 1. The van der Waals surface area contributed by atoms with Crippen molar-refractivity contribution < 1.29 is 19.0 Å². The zero-order valence-electron chi connectivity index (χ0n) is 21.9. The van der Waals surface area contributed by atoms with Gasteiger partial charge in [-0.1, -0.05) is 19.1 Å². The van der Waals surface area contributed by atoms with E-state index >= 15 is 0 Å². The molecule has 0 aliphatic carbocycles. The lowest BCUT2D eigenvalue weighted by Gasteiger charge is -2.39. The van der Waals surface area contributed by atoms with E-state index < -0.39 is 0 Å². The summed E-state index contributed by atoms with van der Waals surface area (Å²) in [5, 5.41) is 3.04. The summed E-state index contributed by atoms with van der Waals surface area (Å²) >= 11 is 0. The van der Waals surface area contributed by atoms with E-state index in [9.17, 15) is 4.79 Å². The molecule has 2 aliphatic heterocycles. The summed E-state index contributed by atoms with van der Waals surface area (Å²) in [4.78, 5) is 20.4. The van der Waals surface area contributed by atoms with Gasteiger partial charge in [-0.2, -0.15) is 0 Å². The van der Waals surface area contributed by atoms with E-state index in [-0.39, 0.29) is 30.4 Å². The third kappa shape index (κ3) is 5.85. The van der Waals surface area contributed by atoms with Gasteiger partial charge in [0.25, 0.3) is 5.91 Å². The summed E-state index contributed by atoms with van der Waals surface area (Å²) in [5.74, 6) is 1.70. The van der Waals surface area contributed by atoms with Crippen molar-refractivity contribution in [3.05, 3.63) is 58.7 Å². The van der Waals surface area contributed by atoms with Gasteiger partial charge in [0.05, 0.1) is 38.1 Å². The molecule has 2 aliphatic rings. The fraction of sp³-hybridized carbons (Fsp3) is 0.500. The quantitative estimate of drug-likeness (QED) is 0.539. The maximum atomic E-state index is 12.7. The average Bonchev–Trinajstić information content (AvgIpc) is 2.88. The highest BCUT2D eigenvalue weighted by atomic mass is 35.5. The maximum absolute atomic E-state index is 12.7. The van der Waals surface area contributed by atoms with E-state index in [2.05, 4.69) is 29.4 Å². The Morgan fingerprint density at radius 2 is 1.92 bits per heavy atom. The lowest BCUT2D eigenvalue weighted by molar-refractivity contribution is 0.0894. The number of hydrogen-bond acceptors (Lipinski definition) is 6. The highest BCUT2D eigenvalue weighted by molar-refractivity contribution is 6.15. The van der Waals surface area contributed by atoms with Crippen molar-refractivity contribution in [1.82, 2.24) is 10.2 Å². The van der Waals surface area contributed by atoms with Crippen molar-refractivity contribution in [3.8, 4) is 11.5 Å². The largest absolute Gasteiger partial charge is 0.493 e. The Bertz CT molecular complexity index is 1070. The first-order valence-electron chi connectivity index (χ1n) is 12.5. The minimum absolute atomic E-state index is 0. The van der Waals surface area contributed by atoms with Crippen LogP contribution in [0.25, 0.3) is 0 Å². The van der Waals surface area contributed by atoms with Crippen LogP contribution >= 0.6 is 12.4 Å². The number of benzene rings is 2. The molecule has 0 radical (unpaired) electrons. The number of aliphatic imine (C=N–C) groups is 1. The van der Waals surface area contributed by atoms with Crippen LogP contribution in [0, 0.1) is 0 Å². The van der Waals surface area contributed by atoms with Gasteiger partial charge in [-0.25, -0.2) is 0 Å². The van der Waals surface area contributed by atoms with Crippen LogP contribution in [0.3, 0.4) is 0 Å². The third-order valence-corrected chi connectivity index (χ3v) is 6.98. The molecular weight excluding hydrogens is 478 g/mol. The number of methoxy groups -OCH3 is 2. The molecule has 1 amide bonds. The summed E-state index contributed by atoms with van der Waals surface area (Å²) in [7, 11) is 5.48. The van der Waals surface area contributed by atoms with Crippen LogP contribution in [0.5, 0.6) is 11.5 Å². The summed E-state index contributed by atoms with van der Waals surface area (Å²) in [5.41, 5.74) is 4.90. The van der Waals surface area contributed by atoms with Gasteiger partial charge in [-0.15, -0.1) is 12.4 Å². The summed E-state index contributed by atoms with van der Waals surface area (Å²) in [6, 6.07) is 12.2. The molecule has 0 saturated carbocycles. The summed E-state index contributed by atoms with van der Waals surface area (Å²) in [6.07, 6.45) is 1.83. The minimum atomic E-state index is -0.0927. The molecule has 4 rings (SSSR count). The zero-order chi connectivity index (χ0) is 24.9. The van der Waals surface area contributed by atoms with Crippen molar-refractivity contribution in [3.63, 3.8) is 0 Å². The first kappa shape index (κ1) is 28.0. The number of likely N-dealkylation sites (N-methyl/N-ethyl adjacent to an activating group) is 1. The van der Waals surface area contributed by atoms with Gasteiger partial charge in [0.2, 0.25) is 0 Å². The molecule has 1 fully saturated rings. The predicted molar refractivity (Wildman–Crippen MR) is 146 cm³/mol. The van der Waals surface area contributed by atoms with E-state index in [1.165, 1.54) is 5.56 Å². The first-order chi connectivity index (χ1) is 17.0. The number of hydrogen-bond donors (Lipinski definition) is 1. The average molecular weight is 516 g/mol. The highest BCUT2D eigenvalue weighted by Gasteiger charge is 2.36. The molecule has 0 bridgehead atoms. The van der Waals surface area contributed by atoms with Gasteiger partial charge >= 0.3 is 0 Å². The van der Waals surface area contributed by atoms with E-state index in [0.717, 1.165) is 48.5 Å². The highest BCUT2D eigenvalue weighted by Crippen LogP contribution is 2.42. The van der Waals surface area contributed by atoms with E-state index in [4.69, 9.17) is 19.2 Å². The predicted octanol–water partition coefficient (Wildman–Crippen LogP) is 4.31. The second kappa shape index (κ2) is 12.6. The molecule has 1 N–H and O–H groups in total. The van der Waals surface area contributed by atoms with Gasteiger partial charge < -0.3 is 24.4 Å². The molecule has 2 heterocycles. The molecule has 196 valence electrons. The Morgan fingerprint density at radius 3 is 2.56 bits per heavy atom. The number of rotatable bonds is 9. The van der Waals surface area contributed by atoms with Crippen molar-refractivity contribution in [2.45, 2.75) is 44.7 Å². The molecular formula is C28H38ClN3O4. The minimum Gasteiger partial charge on any atom is -0.493 e. The molecule has 2 aromatic rings. The molecule has 0 aromatic heterocycles. The maximum Gasteiger partial charge on any atom is 0.251 e. The molecule has 36 heavy (non-hydrogen) atoms. The molecule has 1 unspecified atom stereocenters. The molecule has 7 nitrogen and oxygen atoms in total. The van der Waals surface area contributed by atoms with Crippen LogP contribution in [0.15, 0.2) is 41.4 Å². The molecule has 3 atom stereocenters. The van der Waals surface area contributed by atoms with Crippen molar-refractivity contribution >= 4 is 24.0 Å². The number of carbonyl (C=O) groups excluding carboxylic acids is 1. The smallest absolute Gasteiger partial charge is 0.251 e. The number of amides is 1. The number of halogens is 1. The first-order valence-corrected chi connectivity index (χ1v) is 12.5. The number of likely N-dealkylation sites (tertiary alicyclic amines) is 1. The molecule has 8 heteroatoms. The Balaban J connectivity index is 0.00000361. The molecule has 1 saturated heterocycles. The van der Waals surface area contributed by atoms with Crippen LogP contribution in [0.2, 0.25) is 0 Å². The number of nitrogens with zero attached hydrogens (tertiary/aromatic N) is 2. The Morgan fingerprint density at radius 1 is 1.17 bits per heavy atom. The normalized spacial score (nSPS) is 19.8. The standard InChI is InChI=1S/C28H37N3O4.ClH/c1-6-20(17-33-4)29-28(32)19-10-8-18(9-11-19)27-22-15-25(34-5)26(35-7-2)14-21(22)23-16-31(3)13-12-24(23)30-27;/h8-11,14-15,20,23-24H,6-7,12-13,16-17H2,1-5H3,(H,29,32);1H/t20?,23-,24-;/m1./s1.